The minimum Gasteiger partial charge on any atom is -0.441 e. The average Bonchev–Trinajstić information content (AvgIpc) is 2.91. The molecule has 1 aliphatic rings. The molecule has 0 saturated carbocycles. The van der Waals surface area contributed by atoms with Crippen molar-refractivity contribution in [3.05, 3.63) is 0 Å². The average molecular weight is 596 g/mol. The SMILES string of the molecule is CCCCCCCCCCCCCCCCOCC(COP(=O)(O)OCC[N+](C)(C)C)OC(=O)N1CCOCC1. The fraction of sp³-hybridized carbons (Fsp3) is 0.966. The summed E-state index contributed by atoms with van der Waals surface area (Å²) in [7, 11) is 1.61. The Morgan fingerprint density at radius 1 is 0.825 bits per heavy atom. The van der Waals surface area contributed by atoms with Crippen molar-refractivity contribution in [3.8, 4) is 0 Å². The Morgan fingerprint density at radius 2 is 1.35 bits per heavy atom. The summed E-state index contributed by atoms with van der Waals surface area (Å²) < 4.78 is 39.7. The van der Waals surface area contributed by atoms with Gasteiger partial charge in [0, 0.05) is 19.7 Å². The Morgan fingerprint density at radius 3 is 1.88 bits per heavy atom. The third-order valence-corrected chi connectivity index (χ3v) is 7.91. The van der Waals surface area contributed by atoms with Crippen LogP contribution in [0.2, 0.25) is 0 Å². The van der Waals surface area contributed by atoms with E-state index in [1.54, 1.807) is 4.90 Å². The lowest BCUT2D eigenvalue weighted by atomic mass is 10.0. The van der Waals surface area contributed by atoms with Crippen molar-refractivity contribution in [2.24, 2.45) is 0 Å². The van der Waals surface area contributed by atoms with Gasteiger partial charge in [-0.25, -0.2) is 9.36 Å². The number of likely N-dealkylation sites (N-methyl/N-ethyl adjacent to an activating group) is 1. The molecule has 0 bridgehead atoms. The summed E-state index contributed by atoms with van der Waals surface area (Å²) in [5, 5.41) is 0. The molecule has 1 N–H and O–H groups in total. The van der Waals surface area contributed by atoms with Gasteiger partial charge in [-0.05, 0) is 6.42 Å². The van der Waals surface area contributed by atoms with E-state index in [1.165, 1.54) is 77.0 Å². The van der Waals surface area contributed by atoms with Gasteiger partial charge in [-0.15, -0.1) is 0 Å². The number of carbonyl (C=O) groups excluding carboxylic acids is 1. The second-order valence-electron chi connectivity index (χ2n) is 11.9. The van der Waals surface area contributed by atoms with Gasteiger partial charge in [0.25, 0.3) is 0 Å². The van der Waals surface area contributed by atoms with Crippen LogP contribution in [-0.2, 0) is 27.8 Å². The Bertz CT molecular complexity index is 671. The van der Waals surface area contributed by atoms with Crippen molar-refractivity contribution in [2.75, 3.05) is 80.4 Å². The number of hydrogen-bond acceptors (Lipinski definition) is 7. The molecule has 1 amide bonds. The molecule has 238 valence electrons. The first-order chi connectivity index (χ1) is 19.1. The molecule has 0 radical (unpaired) electrons. The molecule has 1 rings (SSSR count). The molecule has 2 unspecified atom stereocenters. The van der Waals surface area contributed by atoms with Gasteiger partial charge in [0.1, 0.15) is 13.2 Å². The van der Waals surface area contributed by atoms with Gasteiger partial charge in [-0.1, -0.05) is 90.4 Å². The summed E-state index contributed by atoms with van der Waals surface area (Å²) in [4.78, 5) is 24.2. The molecular formula is C29H60N2O8P+. The van der Waals surface area contributed by atoms with Crippen LogP contribution in [-0.4, -0.2) is 107 Å². The largest absolute Gasteiger partial charge is 0.472 e. The maximum atomic E-state index is 12.6. The van der Waals surface area contributed by atoms with Gasteiger partial charge in [0.15, 0.2) is 6.10 Å². The number of phosphoric acid groups is 1. The summed E-state index contributed by atoms with van der Waals surface area (Å²) in [5.74, 6) is 0. The lowest BCUT2D eigenvalue weighted by molar-refractivity contribution is -0.870. The number of ether oxygens (including phenoxy) is 3. The van der Waals surface area contributed by atoms with Crippen LogP contribution in [0.4, 0.5) is 4.79 Å². The van der Waals surface area contributed by atoms with Crippen LogP contribution in [0.3, 0.4) is 0 Å². The highest BCUT2D eigenvalue weighted by atomic mass is 31.2. The number of phosphoric ester groups is 1. The van der Waals surface area contributed by atoms with Crippen molar-refractivity contribution in [1.29, 1.82) is 0 Å². The number of nitrogens with zero attached hydrogens (tertiary/aromatic N) is 2. The van der Waals surface area contributed by atoms with Gasteiger partial charge in [-0.2, -0.15) is 0 Å². The van der Waals surface area contributed by atoms with Crippen LogP contribution in [0.5, 0.6) is 0 Å². The van der Waals surface area contributed by atoms with E-state index in [1.807, 2.05) is 21.1 Å². The van der Waals surface area contributed by atoms with Crippen LogP contribution in [0, 0.1) is 0 Å². The first kappa shape index (κ1) is 37.3. The normalized spacial score (nSPS) is 16.6. The summed E-state index contributed by atoms with van der Waals surface area (Å²) in [5.41, 5.74) is 0. The summed E-state index contributed by atoms with van der Waals surface area (Å²) in [6.45, 7) is 5.03. The van der Waals surface area contributed by atoms with Crippen molar-refractivity contribution < 1.29 is 42.0 Å². The van der Waals surface area contributed by atoms with Crippen LogP contribution in [0.1, 0.15) is 96.8 Å². The lowest BCUT2D eigenvalue weighted by Gasteiger charge is -2.28. The van der Waals surface area contributed by atoms with Gasteiger partial charge >= 0.3 is 13.9 Å². The smallest absolute Gasteiger partial charge is 0.441 e. The Balaban J connectivity index is 2.23. The minimum absolute atomic E-state index is 0.0745. The molecule has 10 nitrogen and oxygen atoms in total. The van der Waals surface area contributed by atoms with Crippen LogP contribution < -0.4 is 0 Å². The van der Waals surface area contributed by atoms with Crippen LogP contribution >= 0.6 is 7.82 Å². The number of carbonyl (C=O) groups is 1. The van der Waals surface area contributed by atoms with E-state index < -0.39 is 20.0 Å². The van der Waals surface area contributed by atoms with E-state index in [0.29, 0.717) is 43.9 Å². The minimum atomic E-state index is -4.27. The monoisotopic (exact) mass is 595 g/mol. The summed E-state index contributed by atoms with van der Waals surface area (Å²) >= 11 is 0. The van der Waals surface area contributed by atoms with E-state index in [2.05, 4.69) is 6.92 Å². The molecule has 2 atom stereocenters. The molecule has 0 aliphatic carbocycles. The maximum absolute atomic E-state index is 12.6. The van der Waals surface area contributed by atoms with E-state index in [9.17, 15) is 14.3 Å². The van der Waals surface area contributed by atoms with E-state index in [4.69, 9.17) is 23.3 Å². The van der Waals surface area contributed by atoms with Crippen molar-refractivity contribution in [2.45, 2.75) is 103 Å². The predicted molar refractivity (Wildman–Crippen MR) is 158 cm³/mol. The zero-order chi connectivity index (χ0) is 29.5. The number of amides is 1. The molecule has 0 aromatic rings. The first-order valence-electron chi connectivity index (χ1n) is 15.7. The maximum Gasteiger partial charge on any atom is 0.472 e. The van der Waals surface area contributed by atoms with E-state index in [0.717, 1.165) is 12.8 Å². The third kappa shape index (κ3) is 21.9. The van der Waals surface area contributed by atoms with E-state index in [-0.39, 0.29) is 19.8 Å². The van der Waals surface area contributed by atoms with Crippen molar-refractivity contribution >= 4 is 13.9 Å². The van der Waals surface area contributed by atoms with Crippen LogP contribution in [0.15, 0.2) is 0 Å². The number of rotatable bonds is 25. The Hall–Kier alpha value is -0.740. The van der Waals surface area contributed by atoms with Crippen molar-refractivity contribution in [1.82, 2.24) is 4.90 Å². The molecule has 11 heteroatoms. The highest BCUT2D eigenvalue weighted by Gasteiger charge is 2.28. The second kappa shape index (κ2) is 22.8. The molecule has 0 aromatic heterocycles. The molecule has 1 saturated heterocycles. The Labute approximate surface area is 244 Å². The number of hydrogen-bond donors (Lipinski definition) is 1. The quantitative estimate of drug-likeness (QED) is 0.0760. The lowest BCUT2D eigenvalue weighted by Crippen LogP contribution is -2.43. The molecule has 1 aliphatic heterocycles. The Kier molecular flexibility index (Phi) is 21.3. The second-order valence-corrected chi connectivity index (χ2v) is 13.3. The zero-order valence-electron chi connectivity index (χ0n) is 26.0. The molecule has 0 spiro atoms. The van der Waals surface area contributed by atoms with Gasteiger partial charge in [-0.3, -0.25) is 9.05 Å². The fourth-order valence-corrected chi connectivity index (χ4v) is 5.08. The number of unbranched alkanes of at least 4 members (excludes halogenated alkanes) is 13. The molecule has 40 heavy (non-hydrogen) atoms. The van der Waals surface area contributed by atoms with Crippen molar-refractivity contribution in [3.63, 3.8) is 0 Å². The van der Waals surface area contributed by atoms with Gasteiger partial charge in [0.2, 0.25) is 0 Å². The highest BCUT2D eigenvalue weighted by Crippen LogP contribution is 2.43. The number of quaternary nitrogens is 1. The number of morpholine rings is 1. The standard InChI is InChI=1S/C29H59N2O8P/c1-5-6-7-8-9-10-11-12-13-14-15-16-17-18-22-36-26-28(39-29(32)30-19-23-35-24-20-30)27-38-40(33,34)37-25-21-31(2,3)4/h28H,5-27H2,1-4H3/p+1. The zero-order valence-corrected chi connectivity index (χ0v) is 26.9. The third-order valence-electron chi connectivity index (χ3n) is 6.92. The fourth-order valence-electron chi connectivity index (χ4n) is 4.34. The summed E-state index contributed by atoms with van der Waals surface area (Å²) in [6.07, 6.45) is 16.8. The highest BCUT2D eigenvalue weighted by molar-refractivity contribution is 7.47. The van der Waals surface area contributed by atoms with Gasteiger partial charge in [0.05, 0.1) is 47.6 Å². The molecule has 0 aromatic carbocycles. The van der Waals surface area contributed by atoms with Crippen LogP contribution in [0.25, 0.3) is 0 Å². The van der Waals surface area contributed by atoms with E-state index >= 15 is 0 Å². The first-order valence-corrected chi connectivity index (χ1v) is 17.2. The molecule has 1 heterocycles. The molecular weight excluding hydrogens is 535 g/mol. The topological polar surface area (TPSA) is 104 Å². The molecule has 1 fully saturated rings. The van der Waals surface area contributed by atoms with Gasteiger partial charge < -0.3 is 28.5 Å². The predicted octanol–water partition coefficient (Wildman–Crippen LogP) is 6.16. The summed E-state index contributed by atoms with van der Waals surface area (Å²) in [6, 6.07) is 0.